The Labute approximate surface area is 58.4 Å². The Hall–Kier alpha value is -0.630. The molecule has 0 aliphatic carbocycles. The third kappa shape index (κ3) is 1.11. The Kier molecular flexibility index (Phi) is 1.50. The maximum Gasteiger partial charge on any atom is 0.427 e. The van der Waals surface area contributed by atoms with Crippen LogP contribution in [0.1, 0.15) is 0 Å². The van der Waals surface area contributed by atoms with Gasteiger partial charge in [0.1, 0.15) is 0 Å². The highest BCUT2D eigenvalue weighted by atomic mass is 32.2. The molecule has 64 valence electrons. The largest absolute Gasteiger partial charge is 0.427 e. The smallest absolute Gasteiger partial charge is 0.198 e. The molecule has 0 radical (unpaired) electrons. The van der Waals surface area contributed by atoms with Crippen molar-refractivity contribution in [1.29, 1.82) is 0 Å². The molecule has 11 heavy (non-hydrogen) atoms. The molecule has 0 spiro atoms. The molecule has 0 aromatic heterocycles. The lowest BCUT2D eigenvalue weighted by atomic mass is 10.6. The summed E-state index contributed by atoms with van der Waals surface area (Å²) in [4.78, 5) is 0. The molecule has 0 bridgehead atoms. The quantitative estimate of drug-likeness (QED) is 0.425. The van der Waals surface area contributed by atoms with Crippen molar-refractivity contribution in [2.45, 2.75) is 6.11 Å². The molecule has 0 aromatic carbocycles. The predicted molar refractivity (Wildman–Crippen MR) is 24.2 cm³/mol. The van der Waals surface area contributed by atoms with Gasteiger partial charge in [0.2, 0.25) is 5.83 Å². The number of halogens is 4. The predicted octanol–water partition coefficient (Wildman–Crippen LogP) is 1.05. The average molecular weight is 192 g/mol. The first-order valence-electron chi connectivity index (χ1n) is 2.16. The lowest BCUT2D eigenvalue weighted by Gasteiger charge is -2.02. The van der Waals surface area contributed by atoms with Crippen molar-refractivity contribution in [3.8, 4) is 0 Å². The van der Waals surface area contributed by atoms with Gasteiger partial charge in [-0.1, -0.05) is 0 Å². The summed E-state index contributed by atoms with van der Waals surface area (Å²) in [5.74, 6) is -2.71. The van der Waals surface area contributed by atoms with E-state index in [1.807, 2.05) is 0 Å². The van der Waals surface area contributed by atoms with Crippen molar-refractivity contribution in [1.82, 2.24) is 0 Å². The molecule has 1 aliphatic rings. The van der Waals surface area contributed by atoms with Crippen LogP contribution < -0.4 is 0 Å². The fourth-order valence-electron chi connectivity index (χ4n) is 0.435. The molecule has 0 aromatic rings. The van der Waals surface area contributed by atoms with Crippen molar-refractivity contribution in [2.24, 2.45) is 0 Å². The normalized spacial score (nSPS) is 27.6. The van der Waals surface area contributed by atoms with Crippen molar-refractivity contribution in [2.75, 3.05) is 0 Å². The first kappa shape index (κ1) is 8.47. The van der Waals surface area contributed by atoms with Gasteiger partial charge in [-0.15, -0.1) is 0 Å². The van der Waals surface area contributed by atoms with Crippen molar-refractivity contribution in [3.05, 3.63) is 11.0 Å². The van der Waals surface area contributed by atoms with Crippen LogP contribution >= 0.6 is 0 Å². The van der Waals surface area contributed by atoms with E-state index in [1.54, 1.807) is 0 Å². The van der Waals surface area contributed by atoms with E-state index in [0.717, 1.165) is 0 Å². The highest BCUT2D eigenvalue weighted by molar-refractivity contribution is 7.90. The molecule has 3 nitrogen and oxygen atoms in total. The van der Waals surface area contributed by atoms with Crippen LogP contribution in [0.3, 0.4) is 0 Å². The Balaban J connectivity index is 3.31. The summed E-state index contributed by atoms with van der Waals surface area (Å²) in [6.45, 7) is 0. The van der Waals surface area contributed by atoms with Gasteiger partial charge in [0.15, 0.2) is 0 Å². The van der Waals surface area contributed by atoms with E-state index in [1.165, 1.54) is 0 Å². The second-order valence-electron chi connectivity index (χ2n) is 1.64. The van der Waals surface area contributed by atoms with Crippen LogP contribution in [-0.2, 0) is 14.3 Å². The van der Waals surface area contributed by atoms with Crippen LogP contribution in [0.4, 0.5) is 17.6 Å². The van der Waals surface area contributed by atoms with E-state index in [4.69, 9.17) is 0 Å². The molecule has 8 heteroatoms. The summed E-state index contributed by atoms with van der Waals surface area (Å²) in [6, 6.07) is 0. The summed E-state index contributed by atoms with van der Waals surface area (Å²) in [6.07, 6.45) is -4.69. The van der Waals surface area contributed by atoms with Gasteiger partial charge < -0.3 is 0 Å². The van der Waals surface area contributed by atoms with Crippen LogP contribution in [0.25, 0.3) is 0 Å². The molecule has 0 amide bonds. The Morgan fingerprint density at radius 2 is 1.73 bits per heavy atom. The summed E-state index contributed by atoms with van der Waals surface area (Å²) >= 11 is 0. The zero-order chi connectivity index (χ0) is 8.86. The second kappa shape index (κ2) is 1.95. The van der Waals surface area contributed by atoms with Gasteiger partial charge in [-0.25, -0.2) is 0 Å². The van der Waals surface area contributed by atoms with E-state index in [-0.39, 0.29) is 0 Å². The Morgan fingerprint density at radius 1 is 1.27 bits per heavy atom. The molecule has 1 rings (SSSR count). The molecule has 0 unspecified atom stereocenters. The maximum atomic E-state index is 11.9. The fraction of sp³-hybridized carbons (Fsp3) is 0.333. The van der Waals surface area contributed by atoms with Crippen molar-refractivity contribution in [3.63, 3.8) is 0 Å². The van der Waals surface area contributed by atoms with Gasteiger partial charge in [-0.05, 0) is 0 Å². The van der Waals surface area contributed by atoms with E-state index in [9.17, 15) is 26.0 Å². The highest BCUT2D eigenvalue weighted by Gasteiger charge is 2.55. The van der Waals surface area contributed by atoms with Crippen LogP contribution in [0.15, 0.2) is 11.0 Å². The number of hydrogen-bond acceptors (Lipinski definition) is 3. The zero-order valence-corrected chi connectivity index (χ0v) is 5.46. The van der Waals surface area contributed by atoms with Crippen molar-refractivity contribution >= 4 is 10.1 Å². The van der Waals surface area contributed by atoms with Crippen molar-refractivity contribution < 1.29 is 30.2 Å². The summed E-state index contributed by atoms with van der Waals surface area (Å²) in [5.41, 5.74) is 0. The molecule has 0 atom stereocenters. The minimum atomic E-state index is -5.19. The van der Waals surface area contributed by atoms with Crippen LogP contribution in [0, 0.1) is 0 Å². The summed E-state index contributed by atoms with van der Waals surface area (Å²) in [7, 11) is -5.19. The molecular weight excluding hydrogens is 192 g/mol. The molecule has 0 N–H and O–H groups in total. The van der Waals surface area contributed by atoms with Crippen LogP contribution in [0.5, 0.6) is 0 Å². The summed E-state index contributed by atoms with van der Waals surface area (Å²) in [5, 5.41) is -2.57. The first-order valence-corrected chi connectivity index (χ1v) is 3.57. The van der Waals surface area contributed by atoms with Gasteiger partial charge >= 0.3 is 16.2 Å². The maximum absolute atomic E-state index is 11.9. The molecular formula is C3F4O3S. The lowest BCUT2D eigenvalue weighted by molar-refractivity contribution is -0.145. The monoisotopic (exact) mass is 192 g/mol. The molecule has 1 aliphatic heterocycles. The molecule has 0 saturated carbocycles. The average Bonchev–Trinajstić information content (AvgIpc) is 1.91. The molecule has 1 heterocycles. The zero-order valence-electron chi connectivity index (χ0n) is 4.64. The van der Waals surface area contributed by atoms with Gasteiger partial charge in [-0.3, -0.25) is 0 Å². The van der Waals surface area contributed by atoms with E-state index < -0.39 is 27.2 Å². The third-order valence-corrected chi connectivity index (χ3v) is 1.91. The SMILES string of the molecule is O=S1(=O)OC(F)(F)C(F)=C1F. The highest BCUT2D eigenvalue weighted by Crippen LogP contribution is 2.40. The van der Waals surface area contributed by atoms with Gasteiger partial charge in [0.25, 0.3) is 5.16 Å². The molecule has 0 fully saturated rings. The number of hydrogen-bond donors (Lipinski definition) is 0. The van der Waals surface area contributed by atoms with Gasteiger partial charge in [0, 0.05) is 0 Å². The van der Waals surface area contributed by atoms with E-state index >= 15 is 0 Å². The fourth-order valence-corrected chi connectivity index (χ4v) is 1.20. The van der Waals surface area contributed by atoms with Gasteiger partial charge in [0.05, 0.1) is 0 Å². The van der Waals surface area contributed by atoms with E-state index in [0.29, 0.717) is 0 Å². The Morgan fingerprint density at radius 3 is 1.82 bits per heavy atom. The summed E-state index contributed by atoms with van der Waals surface area (Å²) < 4.78 is 70.2. The second-order valence-corrected chi connectivity index (χ2v) is 3.08. The minimum Gasteiger partial charge on any atom is -0.198 e. The number of rotatable bonds is 0. The first-order chi connectivity index (χ1) is 4.77. The lowest BCUT2D eigenvalue weighted by Crippen LogP contribution is -2.17. The minimum absolute atomic E-state index is 2.57. The Bertz CT molecular complexity index is 315. The van der Waals surface area contributed by atoms with E-state index in [2.05, 4.69) is 4.18 Å². The van der Waals surface area contributed by atoms with Gasteiger partial charge in [-0.2, -0.15) is 30.2 Å². The third-order valence-electron chi connectivity index (χ3n) is 0.862. The standard InChI is InChI=1S/C3F4O3S/c4-1-2(5)11(8,9)10-3(1,6)7. The topological polar surface area (TPSA) is 43.4 Å². The number of alkyl halides is 2. The van der Waals surface area contributed by atoms with Crippen LogP contribution in [0.2, 0.25) is 0 Å². The van der Waals surface area contributed by atoms with Crippen LogP contribution in [-0.4, -0.2) is 14.5 Å². The molecule has 0 saturated heterocycles.